The molecular weight excluding hydrogens is 300 g/mol. The summed E-state index contributed by atoms with van der Waals surface area (Å²) in [6, 6.07) is 9.59. The monoisotopic (exact) mass is 324 g/mol. The highest BCUT2D eigenvalue weighted by Gasteiger charge is 2.46. The number of likely N-dealkylation sites (N-methyl/N-ethyl adjacent to an activating group) is 1. The van der Waals surface area contributed by atoms with Gasteiger partial charge in [-0.3, -0.25) is 9.69 Å². The van der Waals surface area contributed by atoms with Crippen LogP contribution < -0.4 is 0 Å². The molecule has 2 aliphatic heterocycles. The first-order valence-electron chi connectivity index (χ1n) is 8.70. The maximum atomic E-state index is 12.7. The molecule has 4 rings (SSSR count). The van der Waals surface area contributed by atoms with Crippen molar-refractivity contribution < 1.29 is 4.79 Å². The smallest absolute Gasteiger partial charge is 0.253 e. The normalized spacial score (nSPS) is 20.2. The third-order valence-electron chi connectivity index (χ3n) is 5.76. The van der Waals surface area contributed by atoms with E-state index in [4.69, 9.17) is 4.98 Å². The summed E-state index contributed by atoms with van der Waals surface area (Å²) in [6.45, 7) is 5.74. The van der Waals surface area contributed by atoms with Crippen LogP contribution in [0.2, 0.25) is 0 Å². The highest BCUT2D eigenvalue weighted by Crippen LogP contribution is 2.40. The molecule has 0 saturated carbocycles. The molecule has 0 aliphatic carbocycles. The number of carbonyl (C=O) groups excluding carboxylic acids is 1. The maximum absolute atomic E-state index is 12.7. The lowest BCUT2D eigenvalue weighted by molar-refractivity contribution is 0.00955. The SMILES string of the molecule is Cc1cnc2n1CCN(C)C21CCN(C(=O)c2ccccc2)CC1. The average molecular weight is 324 g/mol. The Morgan fingerprint density at radius 2 is 1.79 bits per heavy atom. The molecule has 126 valence electrons. The summed E-state index contributed by atoms with van der Waals surface area (Å²) in [5, 5.41) is 0. The second kappa shape index (κ2) is 5.74. The van der Waals surface area contributed by atoms with Gasteiger partial charge in [-0.15, -0.1) is 0 Å². The number of benzene rings is 1. The third-order valence-corrected chi connectivity index (χ3v) is 5.76. The highest BCUT2D eigenvalue weighted by molar-refractivity contribution is 5.94. The molecule has 5 nitrogen and oxygen atoms in total. The van der Waals surface area contributed by atoms with Crippen LogP contribution >= 0.6 is 0 Å². The first-order valence-corrected chi connectivity index (χ1v) is 8.70. The number of hydrogen-bond donors (Lipinski definition) is 0. The summed E-state index contributed by atoms with van der Waals surface area (Å²) >= 11 is 0. The summed E-state index contributed by atoms with van der Waals surface area (Å²) in [7, 11) is 2.20. The number of nitrogens with zero attached hydrogens (tertiary/aromatic N) is 4. The molecule has 5 heteroatoms. The van der Waals surface area contributed by atoms with Crippen LogP contribution in [0.15, 0.2) is 36.5 Å². The van der Waals surface area contributed by atoms with Crippen molar-refractivity contribution in [2.24, 2.45) is 0 Å². The molecule has 24 heavy (non-hydrogen) atoms. The predicted molar refractivity (Wildman–Crippen MR) is 92.9 cm³/mol. The fourth-order valence-corrected chi connectivity index (χ4v) is 4.20. The Morgan fingerprint density at radius 3 is 2.50 bits per heavy atom. The Morgan fingerprint density at radius 1 is 1.08 bits per heavy atom. The van der Waals surface area contributed by atoms with E-state index in [9.17, 15) is 4.79 Å². The second-order valence-corrected chi connectivity index (χ2v) is 6.99. The molecule has 0 N–H and O–H groups in total. The Bertz CT molecular complexity index is 744. The molecule has 1 spiro atoms. The van der Waals surface area contributed by atoms with Gasteiger partial charge in [0.15, 0.2) is 0 Å². The minimum atomic E-state index is -0.0278. The second-order valence-electron chi connectivity index (χ2n) is 6.99. The molecule has 0 radical (unpaired) electrons. The van der Waals surface area contributed by atoms with Gasteiger partial charge in [-0.1, -0.05) is 18.2 Å². The Labute approximate surface area is 142 Å². The summed E-state index contributed by atoms with van der Waals surface area (Å²) in [6.07, 6.45) is 3.87. The van der Waals surface area contributed by atoms with Gasteiger partial charge < -0.3 is 9.47 Å². The van der Waals surface area contributed by atoms with E-state index in [0.29, 0.717) is 0 Å². The number of hydrogen-bond acceptors (Lipinski definition) is 3. The van der Waals surface area contributed by atoms with Crippen molar-refractivity contribution in [2.75, 3.05) is 26.7 Å². The quantitative estimate of drug-likeness (QED) is 0.808. The topological polar surface area (TPSA) is 41.4 Å². The van der Waals surface area contributed by atoms with E-state index in [2.05, 4.69) is 23.4 Å². The van der Waals surface area contributed by atoms with Crippen molar-refractivity contribution in [3.05, 3.63) is 53.6 Å². The fourth-order valence-electron chi connectivity index (χ4n) is 4.20. The standard InChI is InChI=1S/C19H24N4O/c1-15-14-20-18-19(21(2)12-13-23(15)18)8-10-22(11-9-19)17(24)16-6-4-3-5-7-16/h3-7,14H,8-13H2,1-2H3. The van der Waals surface area contributed by atoms with E-state index in [1.165, 1.54) is 11.5 Å². The molecule has 2 aromatic rings. The number of likely N-dealkylation sites (tertiary alicyclic amines) is 1. The zero-order valence-electron chi connectivity index (χ0n) is 14.4. The van der Waals surface area contributed by atoms with E-state index < -0.39 is 0 Å². The van der Waals surface area contributed by atoms with Crippen LogP contribution in [0, 0.1) is 6.92 Å². The van der Waals surface area contributed by atoms with Crippen molar-refractivity contribution in [3.63, 3.8) is 0 Å². The fraction of sp³-hybridized carbons (Fsp3) is 0.474. The van der Waals surface area contributed by atoms with Crippen LogP contribution in [0.25, 0.3) is 0 Å². The minimum Gasteiger partial charge on any atom is -0.338 e. The van der Waals surface area contributed by atoms with Crippen LogP contribution in [0.5, 0.6) is 0 Å². The lowest BCUT2D eigenvalue weighted by Gasteiger charge is -2.49. The zero-order chi connectivity index (χ0) is 16.7. The lowest BCUT2D eigenvalue weighted by Crippen LogP contribution is -2.57. The summed E-state index contributed by atoms with van der Waals surface area (Å²) in [4.78, 5) is 21.9. The molecule has 1 fully saturated rings. The molecule has 2 aliphatic rings. The van der Waals surface area contributed by atoms with Gasteiger partial charge in [-0.05, 0) is 38.9 Å². The molecule has 1 aromatic heterocycles. The van der Waals surface area contributed by atoms with E-state index in [1.807, 2.05) is 41.4 Å². The summed E-state index contributed by atoms with van der Waals surface area (Å²) in [5.74, 6) is 1.32. The van der Waals surface area contributed by atoms with Gasteiger partial charge in [0.05, 0.1) is 5.54 Å². The van der Waals surface area contributed by atoms with Crippen molar-refractivity contribution in [2.45, 2.75) is 31.8 Å². The molecule has 3 heterocycles. The number of carbonyl (C=O) groups is 1. The Kier molecular flexibility index (Phi) is 3.68. The zero-order valence-corrected chi connectivity index (χ0v) is 14.4. The summed E-state index contributed by atoms with van der Waals surface area (Å²) in [5.41, 5.74) is 1.99. The van der Waals surface area contributed by atoms with Crippen LogP contribution in [0.1, 0.15) is 34.7 Å². The number of rotatable bonds is 1. The van der Waals surface area contributed by atoms with E-state index in [0.717, 1.165) is 44.6 Å². The molecule has 0 unspecified atom stereocenters. The number of piperidine rings is 1. The van der Waals surface area contributed by atoms with Gasteiger partial charge in [0, 0.05) is 43.6 Å². The highest BCUT2D eigenvalue weighted by atomic mass is 16.2. The molecular formula is C19H24N4O. The average Bonchev–Trinajstić information content (AvgIpc) is 3.01. The number of imidazole rings is 1. The lowest BCUT2D eigenvalue weighted by atomic mass is 9.83. The first kappa shape index (κ1) is 15.4. The van der Waals surface area contributed by atoms with E-state index in [1.54, 1.807) is 0 Å². The van der Waals surface area contributed by atoms with Crippen LogP contribution in [0.3, 0.4) is 0 Å². The van der Waals surface area contributed by atoms with Crippen molar-refractivity contribution in [1.29, 1.82) is 0 Å². The predicted octanol–water partition coefficient (Wildman–Crippen LogP) is 2.27. The van der Waals surface area contributed by atoms with Gasteiger partial charge in [-0.2, -0.15) is 0 Å². The van der Waals surface area contributed by atoms with Gasteiger partial charge in [0.2, 0.25) is 0 Å². The van der Waals surface area contributed by atoms with E-state index in [-0.39, 0.29) is 11.4 Å². The third kappa shape index (κ3) is 2.26. The van der Waals surface area contributed by atoms with Gasteiger partial charge in [-0.25, -0.2) is 4.98 Å². The van der Waals surface area contributed by atoms with Gasteiger partial charge in [0.1, 0.15) is 5.82 Å². The Balaban J connectivity index is 1.56. The summed E-state index contributed by atoms with van der Waals surface area (Å²) < 4.78 is 2.36. The number of aryl methyl sites for hydroxylation is 1. The molecule has 1 saturated heterocycles. The van der Waals surface area contributed by atoms with Crippen LogP contribution in [-0.4, -0.2) is 51.9 Å². The van der Waals surface area contributed by atoms with Crippen molar-refractivity contribution in [1.82, 2.24) is 19.4 Å². The van der Waals surface area contributed by atoms with Crippen molar-refractivity contribution in [3.8, 4) is 0 Å². The van der Waals surface area contributed by atoms with Crippen molar-refractivity contribution >= 4 is 5.91 Å². The first-order chi connectivity index (χ1) is 11.6. The van der Waals surface area contributed by atoms with Gasteiger partial charge >= 0.3 is 0 Å². The molecule has 0 atom stereocenters. The van der Waals surface area contributed by atoms with Crippen LogP contribution in [-0.2, 0) is 12.1 Å². The minimum absolute atomic E-state index is 0.0278. The van der Waals surface area contributed by atoms with Crippen LogP contribution in [0.4, 0.5) is 0 Å². The maximum Gasteiger partial charge on any atom is 0.253 e. The number of fused-ring (bicyclic) bond motifs is 2. The Hall–Kier alpha value is -2.14. The number of aromatic nitrogens is 2. The largest absolute Gasteiger partial charge is 0.338 e. The van der Waals surface area contributed by atoms with E-state index >= 15 is 0 Å². The molecule has 0 bridgehead atoms. The number of amides is 1. The molecule has 1 aromatic carbocycles. The molecule has 1 amide bonds. The van der Waals surface area contributed by atoms with Gasteiger partial charge in [0.25, 0.3) is 5.91 Å².